The summed E-state index contributed by atoms with van der Waals surface area (Å²) in [7, 11) is 0. The molecule has 3 aromatic heterocycles. The monoisotopic (exact) mass is 435 g/mol. The van der Waals surface area contributed by atoms with Gasteiger partial charge in [-0.15, -0.1) is 0 Å². The Morgan fingerprint density at radius 3 is 2.72 bits per heavy atom. The van der Waals surface area contributed by atoms with Crippen molar-refractivity contribution < 1.29 is 9.84 Å². The fourth-order valence-corrected chi connectivity index (χ4v) is 4.10. The summed E-state index contributed by atoms with van der Waals surface area (Å²) in [6.45, 7) is 12.9. The fraction of sp³-hybridized carbons (Fsp3) is 0.400. The number of aliphatic hydroxyl groups is 1. The van der Waals surface area contributed by atoms with Crippen molar-refractivity contribution in [3.05, 3.63) is 47.5 Å². The van der Waals surface area contributed by atoms with E-state index in [1.807, 2.05) is 25.1 Å². The molecule has 0 bridgehead atoms. The summed E-state index contributed by atoms with van der Waals surface area (Å²) in [5.74, 6) is 0.655. The Balaban J connectivity index is 2.26. The Morgan fingerprint density at radius 2 is 2.09 bits per heavy atom. The number of aromatic nitrogens is 3. The van der Waals surface area contributed by atoms with Crippen molar-refractivity contribution in [2.45, 2.75) is 54.0 Å². The van der Waals surface area contributed by atoms with Gasteiger partial charge in [-0.05, 0) is 70.9 Å². The number of nitrogens with zero attached hydrogens (tertiary/aromatic N) is 3. The van der Waals surface area contributed by atoms with E-state index >= 15 is 0 Å². The average Bonchev–Trinajstić information content (AvgIpc) is 3.04. The number of hydrogen-bond acceptors (Lipinski definition) is 6. The number of anilines is 1. The second-order valence-electron chi connectivity index (χ2n) is 8.10. The lowest BCUT2D eigenvalue weighted by molar-refractivity contribution is 0.328. The summed E-state index contributed by atoms with van der Waals surface area (Å²) in [4.78, 5) is 9.43. The molecule has 32 heavy (non-hydrogen) atoms. The number of pyridine rings is 2. The van der Waals surface area contributed by atoms with E-state index in [2.05, 4.69) is 42.6 Å². The van der Waals surface area contributed by atoms with Crippen molar-refractivity contribution in [2.24, 2.45) is 0 Å². The number of rotatable bonds is 9. The molecule has 0 atom stereocenters. The largest absolute Gasteiger partial charge is 0.510 e. The maximum Gasteiger partial charge on any atom is 0.222 e. The van der Waals surface area contributed by atoms with E-state index in [1.54, 1.807) is 13.1 Å². The Hall–Kier alpha value is -3.35. The summed E-state index contributed by atoms with van der Waals surface area (Å²) in [6.07, 6.45) is 4.06. The van der Waals surface area contributed by atoms with Crippen LogP contribution in [-0.4, -0.2) is 38.5 Å². The summed E-state index contributed by atoms with van der Waals surface area (Å²) in [5, 5.41) is 21.2. The van der Waals surface area contributed by atoms with E-state index in [1.165, 1.54) is 11.8 Å². The predicted molar refractivity (Wildman–Crippen MR) is 131 cm³/mol. The van der Waals surface area contributed by atoms with Gasteiger partial charge in [-0.1, -0.05) is 6.92 Å². The Morgan fingerprint density at radius 1 is 1.34 bits per heavy atom. The fourth-order valence-electron chi connectivity index (χ4n) is 4.10. The van der Waals surface area contributed by atoms with Crippen molar-refractivity contribution in [3.63, 3.8) is 0 Å². The zero-order valence-electron chi connectivity index (χ0n) is 19.8. The zero-order chi connectivity index (χ0) is 23.4. The predicted octanol–water partition coefficient (Wildman–Crippen LogP) is 5.84. The quantitative estimate of drug-likeness (QED) is 0.290. The van der Waals surface area contributed by atoms with Gasteiger partial charge in [-0.2, -0.15) is 0 Å². The highest BCUT2D eigenvalue weighted by Crippen LogP contribution is 2.37. The third kappa shape index (κ3) is 4.61. The number of nitrogens with one attached hydrogen (secondary N) is 2. The van der Waals surface area contributed by atoms with Gasteiger partial charge in [0.15, 0.2) is 0 Å². The lowest BCUT2D eigenvalue weighted by atomic mass is 10.1. The van der Waals surface area contributed by atoms with E-state index in [-0.39, 0.29) is 18.3 Å². The third-order valence-electron chi connectivity index (χ3n) is 5.34. The van der Waals surface area contributed by atoms with Gasteiger partial charge in [0.05, 0.1) is 41.1 Å². The molecule has 0 aliphatic rings. The highest BCUT2D eigenvalue weighted by Gasteiger charge is 2.22. The SMILES string of the molecule is CCOc1ncccc1-c1cc(NC/C(O)=C/C(C)=N)c2c(n1)c(C)c(CC)n2C(C)C. The Labute approximate surface area is 189 Å². The van der Waals surface area contributed by atoms with Gasteiger partial charge in [0.2, 0.25) is 5.88 Å². The average molecular weight is 436 g/mol. The minimum Gasteiger partial charge on any atom is -0.510 e. The molecule has 0 saturated carbocycles. The minimum atomic E-state index is 0.107. The molecule has 3 heterocycles. The first kappa shape index (κ1) is 23.3. The van der Waals surface area contributed by atoms with Crippen LogP contribution in [-0.2, 0) is 6.42 Å². The molecule has 0 fully saturated rings. The molecule has 0 amide bonds. The molecule has 0 aliphatic carbocycles. The molecule has 3 N–H and O–H groups in total. The lowest BCUT2D eigenvalue weighted by Gasteiger charge is -2.18. The first-order chi connectivity index (χ1) is 15.3. The molecule has 0 unspecified atom stereocenters. The van der Waals surface area contributed by atoms with E-state index < -0.39 is 0 Å². The maximum atomic E-state index is 10.2. The van der Waals surface area contributed by atoms with Crippen molar-refractivity contribution >= 4 is 22.4 Å². The van der Waals surface area contributed by atoms with Crippen molar-refractivity contribution in [1.29, 1.82) is 5.41 Å². The summed E-state index contributed by atoms with van der Waals surface area (Å²) < 4.78 is 8.07. The number of aliphatic hydroxyl groups excluding tert-OH is 1. The van der Waals surface area contributed by atoms with E-state index in [4.69, 9.17) is 15.1 Å². The van der Waals surface area contributed by atoms with Crippen LogP contribution >= 0.6 is 0 Å². The van der Waals surface area contributed by atoms with Crippen molar-refractivity contribution in [3.8, 4) is 17.1 Å². The van der Waals surface area contributed by atoms with Crippen molar-refractivity contribution in [2.75, 3.05) is 18.5 Å². The van der Waals surface area contributed by atoms with Gasteiger partial charge in [0.25, 0.3) is 0 Å². The molecule has 0 saturated heterocycles. The minimum absolute atomic E-state index is 0.107. The molecular weight excluding hydrogens is 402 g/mol. The van der Waals surface area contributed by atoms with Crippen LogP contribution in [0.2, 0.25) is 0 Å². The van der Waals surface area contributed by atoms with Gasteiger partial charge in [0.1, 0.15) is 5.76 Å². The van der Waals surface area contributed by atoms with Crippen LogP contribution in [0.4, 0.5) is 5.69 Å². The number of fused-ring (bicyclic) bond motifs is 1. The normalized spacial score (nSPS) is 11.9. The van der Waals surface area contributed by atoms with Crippen LogP contribution in [0.1, 0.15) is 51.9 Å². The third-order valence-corrected chi connectivity index (χ3v) is 5.34. The van der Waals surface area contributed by atoms with Gasteiger partial charge < -0.3 is 25.1 Å². The summed E-state index contributed by atoms with van der Waals surface area (Å²) in [6, 6.07) is 6.08. The molecule has 7 heteroatoms. The van der Waals surface area contributed by atoms with Gasteiger partial charge in [-0.3, -0.25) is 0 Å². The molecular formula is C25H33N5O2. The number of ether oxygens (including phenoxy) is 1. The standard InChI is InChI=1S/C25H33N5O2/c1-7-22-17(6)23-24(30(22)15(3)4)21(28-14-18(31)12-16(5)26)13-20(29-23)19-10-9-11-27-25(19)32-8-2/h9-13,15,26,31H,7-8,14H2,1-6H3,(H,28,29)/b18-12-,26-16?. The van der Waals surface area contributed by atoms with Gasteiger partial charge >= 0.3 is 0 Å². The van der Waals surface area contributed by atoms with Gasteiger partial charge in [0, 0.05) is 23.6 Å². The highest BCUT2D eigenvalue weighted by molar-refractivity contribution is 5.95. The maximum absolute atomic E-state index is 10.2. The van der Waals surface area contributed by atoms with Crippen LogP contribution in [0.5, 0.6) is 5.88 Å². The molecule has 0 aromatic carbocycles. The zero-order valence-corrected chi connectivity index (χ0v) is 19.8. The number of allylic oxidation sites excluding steroid dienone is 1. The molecule has 3 aromatic rings. The van der Waals surface area contributed by atoms with Crippen LogP contribution < -0.4 is 10.1 Å². The summed E-state index contributed by atoms with van der Waals surface area (Å²) >= 11 is 0. The van der Waals surface area contributed by atoms with Crippen LogP contribution in [0.3, 0.4) is 0 Å². The van der Waals surface area contributed by atoms with Crippen molar-refractivity contribution in [1.82, 2.24) is 14.5 Å². The molecule has 3 rings (SSSR count). The second-order valence-corrected chi connectivity index (χ2v) is 8.10. The van der Waals surface area contributed by atoms with E-state index in [0.717, 1.165) is 40.0 Å². The number of hydrogen-bond donors (Lipinski definition) is 3. The first-order valence-corrected chi connectivity index (χ1v) is 11.1. The molecule has 0 radical (unpaired) electrons. The second kappa shape index (κ2) is 9.85. The smallest absolute Gasteiger partial charge is 0.222 e. The number of aryl methyl sites for hydroxylation is 1. The lowest BCUT2D eigenvalue weighted by Crippen LogP contribution is -2.10. The Kier molecular flexibility index (Phi) is 7.18. The highest BCUT2D eigenvalue weighted by atomic mass is 16.5. The van der Waals surface area contributed by atoms with Crippen LogP contribution in [0.25, 0.3) is 22.3 Å². The summed E-state index contributed by atoms with van der Waals surface area (Å²) in [5.41, 5.74) is 7.09. The first-order valence-electron chi connectivity index (χ1n) is 11.1. The molecule has 0 spiro atoms. The van der Waals surface area contributed by atoms with Crippen LogP contribution in [0.15, 0.2) is 36.2 Å². The Bertz CT molecular complexity index is 1160. The topological polar surface area (TPSA) is 96.0 Å². The van der Waals surface area contributed by atoms with E-state index in [9.17, 15) is 5.11 Å². The van der Waals surface area contributed by atoms with Crippen LogP contribution in [0, 0.1) is 12.3 Å². The molecule has 170 valence electrons. The van der Waals surface area contributed by atoms with E-state index in [0.29, 0.717) is 18.2 Å². The van der Waals surface area contributed by atoms with Gasteiger partial charge in [-0.25, -0.2) is 9.97 Å². The molecule has 7 nitrogen and oxygen atoms in total. The molecule has 0 aliphatic heterocycles.